The third kappa shape index (κ3) is 5.68. The predicted octanol–water partition coefficient (Wildman–Crippen LogP) is 6.30. The van der Waals surface area contributed by atoms with Gasteiger partial charge in [-0.15, -0.1) is 0 Å². The zero-order chi connectivity index (χ0) is 29.9. The number of amides is 1. The summed E-state index contributed by atoms with van der Waals surface area (Å²) < 4.78 is 75.7. The minimum atomic E-state index is -4.43. The molecule has 6 rings (SSSR count). The number of hydrogen-bond acceptors (Lipinski definition) is 6. The summed E-state index contributed by atoms with van der Waals surface area (Å²) in [5.74, 6) is -0.779. The van der Waals surface area contributed by atoms with Crippen LogP contribution in [0.1, 0.15) is 61.4 Å². The van der Waals surface area contributed by atoms with Crippen LogP contribution in [0, 0.1) is 19.3 Å². The van der Waals surface area contributed by atoms with Gasteiger partial charge in [-0.25, -0.2) is 18.1 Å². The molecule has 2 heterocycles. The lowest BCUT2D eigenvalue weighted by atomic mass is 9.75. The van der Waals surface area contributed by atoms with E-state index in [1.165, 1.54) is 29.2 Å². The monoisotopic (exact) mass is 602 g/mol. The van der Waals surface area contributed by atoms with E-state index in [2.05, 4.69) is 14.7 Å². The van der Waals surface area contributed by atoms with Crippen LogP contribution in [-0.2, 0) is 10.0 Å². The van der Waals surface area contributed by atoms with Crippen LogP contribution in [0.5, 0.6) is 5.88 Å². The molecule has 1 unspecified atom stereocenters. The van der Waals surface area contributed by atoms with Crippen LogP contribution in [0.3, 0.4) is 0 Å². The Kier molecular flexibility index (Phi) is 6.94. The van der Waals surface area contributed by atoms with Crippen LogP contribution < -0.4 is 9.46 Å². The summed E-state index contributed by atoms with van der Waals surface area (Å²) >= 11 is 0. The molecule has 4 bridgehead atoms. The van der Waals surface area contributed by atoms with Crippen molar-refractivity contribution in [1.29, 1.82) is 0 Å². The molecule has 2 saturated carbocycles. The van der Waals surface area contributed by atoms with Gasteiger partial charge in [-0.05, 0) is 80.7 Å². The topological polar surface area (TPSA) is 101 Å². The molecule has 1 atom stereocenters. The molecule has 224 valence electrons. The number of benzene rings is 2. The van der Waals surface area contributed by atoms with Gasteiger partial charge < -0.3 is 9.64 Å². The van der Waals surface area contributed by atoms with Crippen molar-refractivity contribution in [1.82, 2.24) is 14.9 Å². The summed E-state index contributed by atoms with van der Waals surface area (Å²) in [5.41, 5.74) is 3.17. The normalized spacial score (nSPS) is 21.3. The quantitative estimate of drug-likeness (QED) is 0.376. The third-order valence-corrected chi connectivity index (χ3v) is 9.88. The van der Waals surface area contributed by atoms with Gasteiger partial charge in [0, 0.05) is 31.1 Å². The van der Waals surface area contributed by atoms with E-state index < -0.39 is 34.6 Å². The number of ether oxygens (including phenoxy) is 1. The number of rotatable bonds is 4. The third-order valence-electron chi connectivity index (χ3n) is 8.56. The van der Waals surface area contributed by atoms with Gasteiger partial charge in [0.1, 0.15) is 6.61 Å². The van der Waals surface area contributed by atoms with Gasteiger partial charge in [0.15, 0.2) is 0 Å². The van der Waals surface area contributed by atoms with Gasteiger partial charge in [-0.2, -0.15) is 18.2 Å². The summed E-state index contributed by atoms with van der Waals surface area (Å²) in [6.45, 7) is 3.54. The van der Waals surface area contributed by atoms with Crippen molar-refractivity contribution < 1.29 is 32.5 Å². The lowest BCUT2D eigenvalue weighted by Crippen LogP contribution is -2.55. The van der Waals surface area contributed by atoms with Crippen LogP contribution in [0.2, 0.25) is 0 Å². The number of halogens is 3. The molecule has 8 nitrogen and oxygen atoms in total. The maximum absolute atomic E-state index is 14.0. The number of carbonyl (C=O) groups excluding carboxylic acids is 1. The zero-order valence-electron chi connectivity index (χ0n) is 23.2. The second-order valence-electron chi connectivity index (χ2n) is 11.7. The van der Waals surface area contributed by atoms with E-state index in [0.29, 0.717) is 18.5 Å². The van der Waals surface area contributed by atoms with Crippen molar-refractivity contribution in [3.05, 3.63) is 65.2 Å². The molecule has 1 aliphatic heterocycles. The number of sulfonamides is 1. The van der Waals surface area contributed by atoms with Crippen molar-refractivity contribution in [2.24, 2.45) is 5.41 Å². The Morgan fingerprint density at radius 2 is 1.76 bits per heavy atom. The van der Waals surface area contributed by atoms with Gasteiger partial charge in [-0.1, -0.05) is 24.3 Å². The van der Waals surface area contributed by atoms with E-state index in [-0.39, 0.29) is 48.2 Å². The van der Waals surface area contributed by atoms with Gasteiger partial charge in [-0.3, -0.25) is 4.79 Å². The summed E-state index contributed by atoms with van der Waals surface area (Å²) in [7, 11) is -4.23. The number of nitrogens with zero attached hydrogens (tertiary/aromatic N) is 3. The molecular weight excluding hydrogens is 569 g/mol. The van der Waals surface area contributed by atoms with Gasteiger partial charge in [0.2, 0.25) is 11.8 Å². The van der Waals surface area contributed by atoms with E-state index in [9.17, 15) is 26.4 Å². The fourth-order valence-corrected chi connectivity index (χ4v) is 7.17. The molecule has 1 aromatic heterocycles. The number of hydrogen-bond donors (Lipinski definition) is 1. The van der Waals surface area contributed by atoms with Crippen molar-refractivity contribution in [2.45, 2.75) is 75.5 Å². The summed E-state index contributed by atoms with van der Waals surface area (Å²) in [5, 5.41) is 0. The molecule has 2 aromatic carbocycles. The minimum absolute atomic E-state index is 0. The van der Waals surface area contributed by atoms with E-state index in [4.69, 9.17) is 4.74 Å². The van der Waals surface area contributed by atoms with Crippen LogP contribution in [-0.4, -0.2) is 54.1 Å². The molecule has 12 heteroatoms. The van der Waals surface area contributed by atoms with Crippen LogP contribution in [0.25, 0.3) is 11.3 Å². The highest BCUT2D eigenvalue weighted by Gasteiger charge is 2.56. The van der Waals surface area contributed by atoms with Gasteiger partial charge >= 0.3 is 6.18 Å². The first-order chi connectivity index (χ1) is 19.8. The minimum Gasteiger partial charge on any atom is -0.475 e. The van der Waals surface area contributed by atoms with E-state index >= 15 is 0 Å². The smallest absolute Gasteiger partial charge is 0.389 e. The Balaban J connectivity index is 0.00000368. The molecule has 0 radical (unpaired) electrons. The highest BCUT2D eigenvalue weighted by molar-refractivity contribution is 7.92. The lowest BCUT2D eigenvalue weighted by Gasteiger charge is -2.47. The maximum Gasteiger partial charge on any atom is 0.389 e. The van der Waals surface area contributed by atoms with Gasteiger partial charge in [0.25, 0.3) is 15.9 Å². The molecule has 3 aromatic rings. The Hall–Kier alpha value is -3.67. The fourth-order valence-electron chi connectivity index (χ4n) is 6.18. The lowest BCUT2D eigenvalue weighted by molar-refractivity contribution is -0.139. The van der Waals surface area contributed by atoms with Crippen molar-refractivity contribution in [3.63, 3.8) is 0 Å². The number of anilines is 1. The molecule has 2 fully saturated rings. The Morgan fingerprint density at radius 1 is 1.07 bits per heavy atom. The van der Waals surface area contributed by atoms with Crippen LogP contribution >= 0.6 is 0 Å². The number of carbonyl (C=O) groups is 1. The summed E-state index contributed by atoms with van der Waals surface area (Å²) in [4.78, 5) is 24.0. The fraction of sp³-hybridized carbons (Fsp3) is 0.433. The van der Waals surface area contributed by atoms with Gasteiger partial charge in [0.05, 0.1) is 16.6 Å². The zero-order valence-corrected chi connectivity index (χ0v) is 24.1. The number of fused-ring (bicyclic) bond motifs is 4. The molecule has 42 heavy (non-hydrogen) atoms. The maximum atomic E-state index is 14.0. The van der Waals surface area contributed by atoms with E-state index in [1.54, 1.807) is 6.07 Å². The average molecular weight is 603 g/mol. The van der Waals surface area contributed by atoms with Crippen molar-refractivity contribution in [2.75, 3.05) is 11.3 Å². The second-order valence-corrected chi connectivity index (χ2v) is 13.4. The summed E-state index contributed by atoms with van der Waals surface area (Å²) in [6, 6.07) is 11.6. The molecule has 1 amide bonds. The number of aryl methyl sites for hydroxylation is 2. The molecular formula is C30H33F3N4O4S. The summed E-state index contributed by atoms with van der Waals surface area (Å²) in [6.07, 6.45) is -2.40. The largest absolute Gasteiger partial charge is 0.475 e. The standard InChI is InChI=1S/C30H31F3N4O4S.H2/c1-18-5-3-6-19(2)26(18)24-14-25-35-28(34-24)36-42(39,40)23-8-4-7-20(13-23)27(38)37(22-15-29(16-22)11-12-29)21(17-41-25)9-10-30(31,32)33;/h3-8,13-14,21-22H,9-12,15-17H2,1-2H3,(H,34,35,36);1H. The molecule has 0 saturated heterocycles. The van der Waals surface area contributed by atoms with E-state index in [1.807, 2.05) is 32.0 Å². The molecule has 3 aliphatic rings. The Labute approximate surface area is 243 Å². The van der Waals surface area contributed by atoms with Crippen LogP contribution in [0.4, 0.5) is 19.1 Å². The second kappa shape index (κ2) is 10.3. The highest BCUT2D eigenvalue weighted by atomic mass is 32.2. The first kappa shape index (κ1) is 28.4. The van der Waals surface area contributed by atoms with Crippen molar-refractivity contribution in [3.8, 4) is 17.1 Å². The van der Waals surface area contributed by atoms with Crippen LogP contribution in [0.15, 0.2) is 53.4 Å². The predicted molar refractivity (Wildman–Crippen MR) is 152 cm³/mol. The SMILES string of the molecule is Cc1cccc(C)c1-c1cc2nc(n1)NS(=O)(=O)c1cccc(c1)C(=O)N(C1CC3(CC3)C1)C(CCC(F)(F)F)CO2.[HH]. The number of alkyl halides is 3. The number of nitrogens with one attached hydrogen (secondary N) is 1. The number of aromatic nitrogens is 2. The Bertz CT molecular complexity index is 1640. The molecule has 1 spiro atoms. The first-order valence-corrected chi connectivity index (χ1v) is 15.4. The molecule has 1 N–H and O–H groups in total. The Morgan fingerprint density at radius 3 is 2.43 bits per heavy atom. The van der Waals surface area contributed by atoms with E-state index in [0.717, 1.165) is 29.5 Å². The van der Waals surface area contributed by atoms with Crippen molar-refractivity contribution >= 4 is 21.9 Å². The average Bonchev–Trinajstić information content (AvgIpc) is 3.70. The highest BCUT2D eigenvalue weighted by Crippen LogP contribution is 2.62. The molecule has 2 aliphatic carbocycles. The first-order valence-electron chi connectivity index (χ1n) is 13.9.